The maximum absolute atomic E-state index is 12.2. The number of hydrogen-bond donors (Lipinski definition) is 1. The number of carboxylic acid groups (broad SMARTS) is 1. The van der Waals surface area contributed by atoms with E-state index in [-0.39, 0.29) is 5.78 Å². The SMILES string of the molecule is COc1cccc(C(=O)/C=C/c2ccc(OCC(=O)O)c(OC)c2)c1. The van der Waals surface area contributed by atoms with Crippen molar-refractivity contribution in [3.63, 3.8) is 0 Å². The van der Waals surface area contributed by atoms with Crippen molar-refractivity contribution in [3.05, 3.63) is 59.7 Å². The summed E-state index contributed by atoms with van der Waals surface area (Å²) in [6, 6.07) is 11.8. The van der Waals surface area contributed by atoms with Crippen molar-refractivity contribution in [3.8, 4) is 17.2 Å². The van der Waals surface area contributed by atoms with Crippen LogP contribution in [0.4, 0.5) is 0 Å². The summed E-state index contributed by atoms with van der Waals surface area (Å²) in [7, 11) is 3.00. The molecule has 0 saturated heterocycles. The Balaban J connectivity index is 2.14. The zero-order valence-corrected chi connectivity index (χ0v) is 13.9. The lowest BCUT2D eigenvalue weighted by molar-refractivity contribution is -0.139. The zero-order chi connectivity index (χ0) is 18.2. The predicted molar refractivity (Wildman–Crippen MR) is 92.5 cm³/mol. The summed E-state index contributed by atoms with van der Waals surface area (Å²) in [5.41, 5.74) is 1.24. The van der Waals surface area contributed by atoms with E-state index in [2.05, 4.69) is 0 Å². The van der Waals surface area contributed by atoms with Gasteiger partial charge >= 0.3 is 5.97 Å². The summed E-state index contributed by atoms with van der Waals surface area (Å²) >= 11 is 0. The summed E-state index contributed by atoms with van der Waals surface area (Å²) in [6.45, 7) is -0.458. The average Bonchev–Trinajstić information content (AvgIpc) is 2.64. The second-order valence-electron chi connectivity index (χ2n) is 5.02. The number of carbonyl (C=O) groups excluding carboxylic acids is 1. The highest BCUT2D eigenvalue weighted by atomic mass is 16.5. The quantitative estimate of drug-likeness (QED) is 0.586. The lowest BCUT2D eigenvalue weighted by Gasteiger charge is -2.09. The fourth-order valence-corrected chi connectivity index (χ4v) is 2.09. The van der Waals surface area contributed by atoms with Crippen LogP contribution in [-0.2, 0) is 4.79 Å². The summed E-state index contributed by atoms with van der Waals surface area (Å²) in [5, 5.41) is 8.66. The number of carboxylic acids is 1. The third-order valence-corrected chi connectivity index (χ3v) is 3.32. The molecule has 0 aliphatic heterocycles. The van der Waals surface area contributed by atoms with Crippen LogP contribution in [0.5, 0.6) is 17.2 Å². The molecule has 0 heterocycles. The predicted octanol–water partition coefficient (Wildman–Crippen LogP) is 3.06. The van der Waals surface area contributed by atoms with Gasteiger partial charge in [0.05, 0.1) is 14.2 Å². The molecule has 2 aromatic rings. The lowest BCUT2D eigenvalue weighted by Crippen LogP contribution is -2.10. The number of allylic oxidation sites excluding steroid dienone is 1. The van der Waals surface area contributed by atoms with Crippen molar-refractivity contribution in [1.29, 1.82) is 0 Å². The van der Waals surface area contributed by atoms with Gasteiger partial charge in [0.15, 0.2) is 23.9 Å². The molecule has 0 unspecified atom stereocenters. The van der Waals surface area contributed by atoms with Gasteiger partial charge in [-0.2, -0.15) is 0 Å². The molecular formula is C19H18O6. The van der Waals surface area contributed by atoms with Gasteiger partial charge in [-0.05, 0) is 35.9 Å². The van der Waals surface area contributed by atoms with E-state index in [1.807, 2.05) is 0 Å². The van der Waals surface area contributed by atoms with Crippen molar-refractivity contribution in [2.24, 2.45) is 0 Å². The van der Waals surface area contributed by atoms with Gasteiger partial charge in [-0.25, -0.2) is 4.79 Å². The maximum atomic E-state index is 12.2. The fraction of sp³-hybridized carbons (Fsp3) is 0.158. The Labute approximate surface area is 145 Å². The average molecular weight is 342 g/mol. The van der Waals surface area contributed by atoms with Crippen molar-refractivity contribution >= 4 is 17.8 Å². The summed E-state index contributed by atoms with van der Waals surface area (Å²) in [4.78, 5) is 22.8. The molecule has 0 spiro atoms. The van der Waals surface area contributed by atoms with E-state index in [1.54, 1.807) is 55.7 Å². The first-order valence-corrected chi connectivity index (χ1v) is 7.42. The number of hydrogen-bond acceptors (Lipinski definition) is 5. The molecular weight excluding hydrogens is 324 g/mol. The molecule has 6 heteroatoms. The molecule has 0 fully saturated rings. The largest absolute Gasteiger partial charge is 0.497 e. The highest BCUT2D eigenvalue weighted by molar-refractivity contribution is 6.07. The monoisotopic (exact) mass is 342 g/mol. The fourth-order valence-electron chi connectivity index (χ4n) is 2.09. The Morgan fingerprint density at radius 1 is 1.04 bits per heavy atom. The molecule has 0 bridgehead atoms. The first-order chi connectivity index (χ1) is 12.0. The number of ether oxygens (including phenoxy) is 3. The molecule has 0 atom stereocenters. The minimum Gasteiger partial charge on any atom is -0.497 e. The molecule has 0 saturated carbocycles. The Morgan fingerprint density at radius 3 is 2.52 bits per heavy atom. The molecule has 6 nitrogen and oxygen atoms in total. The van der Waals surface area contributed by atoms with Gasteiger partial charge in [0.25, 0.3) is 0 Å². The van der Waals surface area contributed by atoms with Crippen LogP contribution in [0.15, 0.2) is 48.5 Å². The summed E-state index contributed by atoms with van der Waals surface area (Å²) in [6.07, 6.45) is 3.09. The number of aliphatic carboxylic acids is 1. The van der Waals surface area contributed by atoms with E-state index in [0.29, 0.717) is 22.8 Å². The number of benzene rings is 2. The minimum absolute atomic E-state index is 0.163. The van der Waals surface area contributed by atoms with Crippen LogP contribution < -0.4 is 14.2 Å². The van der Waals surface area contributed by atoms with Gasteiger partial charge in [0.1, 0.15) is 5.75 Å². The molecule has 0 aromatic heterocycles. The van der Waals surface area contributed by atoms with Gasteiger partial charge in [-0.1, -0.05) is 24.3 Å². The van der Waals surface area contributed by atoms with Gasteiger partial charge in [-0.15, -0.1) is 0 Å². The van der Waals surface area contributed by atoms with Crippen LogP contribution in [0.3, 0.4) is 0 Å². The van der Waals surface area contributed by atoms with Crippen LogP contribution >= 0.6 is 0 Å². The van der Waals surface area contributed by atoms with Crippen LogP contribution in [-0.4, -0.2) is 37.7 Å². The first-order valence-electron chi connectivity index (χ1n) is 7.42. The van der Waals surface area contributed by atoms with E-state index >= 15 is 0 Å². The molecule has 0 aliphatic rings. The van der Waals surface area contributed by atoms with Crippen LogP contribution in [0, 0.1) is 0 Å². The van der Waals surface area contributed by atoms with Crippen molar-refractivity contribution in [2.45, 2.75) is 0 Å². The molecule has 1 N–H and O–H groups in total. The van der Waals surface area contributed by atoms with Gasteiger partial charge < -0.3 is 19.3 Å². The smallest absolute Gasteiger partial charge is 0.341 e. The number of rotatable bonds is 8. The highest BCUT2D eigenvalue weighted by Crippen LogP contribution is 2.28. The molecule has 130 valence electrons. The topological polar surface area (TPSA) is 82.1 Å². The molecule has 0 aliphatic carbocycles. The van der Waals surface area contributed by atoms with Crippen LogP contribution in [0.1, 0.15) is 15.9 Å². The maximum Gasteiger partial charge on any atom is 0.341 e. The Kier molecular flexibility index (Phi) is 6.17. The van der Waals surface area contributed by atoms with Crippen molar-refractivity contribution in [1.82, 2.24) is 0 Å². The number of methoxy groups -OCH3 is 2. The van der Waals surface area contributed by atoms with Crippen LogP contribution in [0.2, 0.25) is 0 Å². The Bertz CT molecular complexity index is 794. The van der Waals surface area contributed by atoms with Gasteiger partial charge in [-0.3, -0.25) is 4.79 Å². The van der Waals surface area contributed by atoms with Crippen molar-refractivity contribution < 1.29 is 28.9 Å². The molecule has 0 radical (unpaired) electrons. The third-order valence-electron chi connectivity index (χ3n) is 3.32. The molecule has 2 rings (SSSR count). The molecule has 0 amide bonds. The summed E-state index contributed by atoms with van der Waals surface area (Å²) in [5.74, 6) is 0.0817. The highest BCUT2D eigenvalue weighted by Gasteiger charge is 2.08. The van der Waals surface area contributed by atoms with Crippen molar-refractivity contribution in [2.75, 3.05) is 20.8 Å². The second kappa shape index (κ2) is 8.54. The minimum atomic E-state index is -1.07. The second-order valence-corrected chi connectivity index (χ2v) is 5.02. The van der Waals surface area contributed by atoms with E-state index in [4.69, 9.17) is 19.3 Å². The number of ketones is 1. The Morgan fingerprint density at radius 2 is 1.84 bits per heavy atom. The first kappa shape index (κ1) is 18.1. The lowest BCUT2D eigenvalue weighted by atomic mass is 10.1. The van der Waals surface area contributed by atoms with E-state index < -0.39 is 12.6 Å². The van der Waals surface area contributed by atoms with Gasteiger partial charge in [0, 0.05) is 5.56 Å². The Hall–Kier alpha value is -3.28. The summed E-state index contributed by atoms with van der Waals surface area (Å²) < 4.78 is 15.4. The number of carbonyl (C=O) groups is 2. The molecule has 25 heavy (non-hydrogen) atoms. The van der Waals surface area contributed by atoms with E-state index in [9.17, 15) is 9.59 Å². The van der Waals surface area contributed by atoms with E-state index in [0.717, 1.165) is 5.56 Å². The third kappa shape index (κ3) is 5.10. The zero-order valence-electron chi connectivity index (χ0n) is 13.9. The van der Waals surface area contributed by atoms with Gasteiger partial charge in [0.2, 0.25) is 0 Å². The molecule has 2 aromatic carbocycles. The van der Waals surface area contributed by atoms with E-state index in [1.165, 1.54) is 13.2 Å². The standard InChI is InChI=1S/C19H18O6/c1-23-15-5-3-4-14(11-15)16(20)8-6-13-7-9-17(18(10-13)24-2)25-12-19(21)22/h3-11H,12H2,1-2H3,(H,21,22)/b8-6+. The van der Waals surface area contributed by atoms with Crippen LogP contribution in [0.25, 0.3) is 6.08 Å². The normalized spacial score (nSPS) is 10.5.